The number of aliphatic hydroxyl groups is 2. The monoisotopic (exact) mass is 480 g/mol. The number of esters is 2. The first-order valence-corrected chi connectivity index (χ1v) is 9.89. The molecule has 13 nitrogen and oxygen atoms in total. The summed E-state index contributed by atoms with van der Waals surface area (Å²) >= 11 is 0. The van der Waals surface area contributed by atoms with E-state index in [1.165, 1.54) is 6.92 Å². The first-order chi connectivity index (χ1) is 15.9. The highest BCUT2D eigenvalue weighted by atomic mass is 16.6. The van der Waals surface area contributed by atoms with E-state index in [4.69, 9.17) is 14.2 Å². The SMILES string of the molecule is C[C@@H]1OC2COC(=O)c3cc(O)c(O)c(O)c3-c3c(cc(O)c(O)c3O)C(=O)O[C@H]2[C@H](O)C1O. The highest BCUT2D eigenvalue weighted by molar-refractivity contribution is 6.08. The fraction of sp³-hybridized carbons (Fsp3) is 0.333. The number of fused-ring (bicyclic) bond motifs is 4. The van der Waals surface area contributed by atoms with Crippen molar-refractivity contribution in [1.29, 1.82) is 0 Å². The molecule has 34 heavy (non-hydrogen) atoms. The summed E-state index contributed by atoms with van der Waals surface area (Å²) in [5, 5.41) is 81.6. The summed E-state index contributed by atoms with van der Waals surface area (Å²) in [6, 6.07) is 1.33. The van der Waals surface area contributed by atoms with E-state index in [1.807, 2.05) is 0 Å². The molecule has 2 aliphatic heterocycles. The summed E-state index contributed by atoms with van der Waals surface area (Å²) < 4.78 is 15.9. The Labute approximate surface area is 190 Å². The van der Waals surface area contributed by atoms with E-state index in [9.17, 15) is 50.4 Å². The van der Waals surface area contributed by atoms with Gasteiger partial charge >= 0.3 is 11.9 Å². The Balaban J connectivity index is 2.02. The van der Waals surface area contributed by atoms with Gasteiger partial charge in [0.25, 0.3) is 0 Å². The van der Waals surface area contributed by atoms with Crippen LogP contribution in [0.15, 0.2) is 12.1 Å². The van der Waals surface area contributed by atoms with Gasteiger partial charge in [-0.1, -0.05) is 0 Å². The van der Waals surface area contributed by atoms with Crippen molar-refractivity contribution in [2.75, 3.05) is 6.61 Å². The molecule has 13 heteroatoms. The quantitative estimate of drug-likeness (QED) is 0.181. The van der Waals surface area contributed by atoms with Gasteiger partial charge in [-0.05, 0) is 19.1 Å². The van der Waals surface area contributed by atoms with Crippen molar-refractivity contribution in [3.05, 3.63) is 23.3 Å². The standard InChI is InChI=1S/C21H20O13/c1-5-13(24)18(29)19-10(33-5)4-32-20(30)6-2-8(22)14(25)16(27)11(6)12-7(21(31)34-19)3-9(23)15(26)17(12)28/h2-3,5,10,13,18-19,22-29H,4H2,1H3/t5-,10?,13?,18+,19+/m0/s1. The van der Waals surface area contributed by atoms with Crippen LogP contribution < -0.4 is 0 Å². The topological polar surface area (TPSA) is 224 Å². The number of hydrogen-bond acceptors (Lipinski definition) is 13. The van der Waals surface area contributed by atoms with Crippen LogP contribution in [0.1, 0.15) is 27.6 Å². The smallest absolute Gasteiger partial charge is 0.339 e. The number of phenolic OH excluding ortho intramolecular Hbond substituents is 6. The van der Waals surface area contributed by atoms with Gasteiger partial charge in [0.05, 0.1) is 17.2 Å². The number of phenols is 6. The Kier molecular flexibility index (Phi) is 5.55. The average Bonchev–Trinajstić information content (AvgIpc) is 2.81. The zero-order chi connectivity index (χ0) is 25.1. The van der Waals surface area contributed by atoms with Crippen LogP contribution in [0.2, 0.25) is 0 Å². The third-order valence-electron chi connectivity index (χ3n) is 5.74. The summed E-state index contributed by atoms with van der Waals surface area (Å²) in [5.74, 6) is -9.14. The molecule has 2 aromatic rings. The molecule has 5 atom stereocenters. The van der Waals surface area contributed by atoms with E-state index >= 15 is 0 Å². The maximum absolute atomic E-state index is 13.1. The fourth-order valence-corrected chi connectivity index (χ4v) is 3.95. The number of cyclic esters (lactones) is 1. The maximum Gasteiger partial charge on any atom is 0.339 e. The van der Waals surface area contributed by atoms with Crippen molar-refractivity contribution in [1.82, 2.24) is 0 Å². The third kappa shape index (κ3) is 3.46. The van der Waals surface area contributed by atoms with Crippen LogP contribution >= 0.6 is 0 Å². The lowest BCUT2D eigenvalue weighted by atomic mass is 9.91. The molecule has 182 valence electrons. The number of benzene rings is 2. The molecule has 0 radical (unpaired) electrons. The van der Waals surface area contributed by atoms with Gasteiger partial charge in [0.15, 0.2) is 29.1 Å². The molecule has 2 heterocycles. The average molecular weight is 480 g/mol. The molecule has 0 aromatic heterocycles. The lowest BCUT2D eigenvalue weighted by Crippen LogP contribution is -2.59. The van der Waals surface area contributed by atoms with Gasteiger partial charge in [0.2, 0.25) is 11.5 Å². The molecule has 2 aromatic carbocycles. The fourth-order valence-electron chi connectivity index (χ4n) is 3.95. The molecule has 1 saturated heterocycles. The largest absolute Gasteiger partial charge is 0.504 e. The van der Waals surface area contributed by atoms with Gasteiger partial charge in [-0.25, -0.2) is 9.59 Å². The van der Waals surface area contributed by atoms with Gasteiger partial charge in [0.1, 0.15) is 24.9 Å². The van der Waals surface area contributed by atoms with Crippen LogP contribution in [-0.4, -0.2) is 89.9 Å². The van der Waals surface area contributed by atoms with Crippen LogP contribution in [0, 0.1) is 0 Å². The van der Waals surface area contributed by atoms with Crippen LogP contribution in [-0.2, 0) is 14.2 Å². The van der Waals surface area contributed by atoms with Gasteiger partial charge in [-0.15, -0.1) is 0 Å². The number of carbonyl (C=O) groups is 2. The van der Waals surface area contributed by atoms with Gasteiger partial charge < -0.3 is 55.1 Å². The zero-order valence-corrected chi connectivity index (χ0v) is 17.4. The van der Waals surface area contributed by atoms with Crippen molar-refractivity contribution < 1.29 is 64.7 Å². The second kappa shape index (κ2) is 8.13. The lowest BCUT2D eigenvalue weighted by molar-refractivity contribution is -0.224. The summed E-state index contributed by atoms with van der Waals surface area (Å²) in [4.78, 5) is 26.0. The molecule has 0 saturated carbocycles. The predicted octanol–water partition coefficient (Wildman–Crippen LogP) is -0.208. The number of carbonyl (C=O) groups excluding carboxylic acids is 2. The molecule has 0 spiro atoms. The summed E-state index contributed by atoms with van der Waals surface area (Å²) in [7, 11) is 0. The van der Waals surface area contributed by atoms with Gasteiger partial charge in [-0.2, -0.15) is 0 Å². The molecule has 0 amide bonds. The molecule has 2 unspecified atom stereocenters. The number of aliphatic hydroxyl groups excluding tert-OH is 2. The number of aromatic hydroxyl groups is 6. The van der Waals surface area contributed by atoms with Crippen LogP contribution in [0.5, 0.6) is 34.5 Å². The molecule has 2 aliphatic rings. The van der Waals surface area contributed by atoms with E-state index in [0.717, 1.165) is 0 Å². The van der Waals surface area contributed by atoms with E-state index in [1.54, 1.807) is 0 Å². The second-order valence-corrected chi connectivity index (χ2v) is 7.86. The van der Waals surface area contributed by atoms with Crippen molar-refractivity contribution in [3.63, 3.8) is 0 Å². The highest BCUT2D eigenvalue weighted by Crippen LogP contribution is 2.52. The van der Waals surface area contributed by atoms with E-state index in [-0.39, 0.29) is 0 Å². The minimum atomic E-state index is -1.69. The Bertz CT molecular complexity index is 1190. The zero-order valence-electron chi connectivity index (χ0n) is 17.4. The van der Waals surface area contributed by atoms with Crippen LogP contribution in [0.25, 0.3) is 11.1 Å². The number of ether oxygens (including phenoxy) is 3. The van der Waals surface area contributed by atoms with Gasteiger partial charge in [-0.3, -0.25) is 0 Å². The number of hydrogen-bond donors (Lipinski definition) is 8. The molecule has 0 aliphatic carbocycles. The van der Waals surface area contributed by atoms with E-state index in [2.05, 4.69) is 0 Å². The molecule has 8 N–H and O–H groups in total. The van der Waals surface area contributed by atoms with Crippen molar-refractivity contribution >= 4 is 11.9 Å². The van der Waals surface area contributed by atoms with Crippen molar-refractivity contribution in [2.24, 2.45) is 0 Å². The maximum atomic E-state index is 13.1. The number of rotatable bonds is 0. The van der Waals surface area contributed by atoms with E-state index < -0.39 is 106 Å². The van der Waals surface area contributed by atoms with Gasteiger partial charge in [0, 0.05) is 11.1 Å². The Morgan fingerprint density at radius 3 is 1.79 bits per heavy atom. The van der Waals surface area contributed by atoms with Crippen molar-refractivity contribution in [3.8, 4) is 45.6 Å². The third-order valence-corrected chi connectivity index (χ3v) is 5.74. The Hall–Kier alpha value is -3.94. The van der Waals surface area contributed by atoms with Crippen LogP contribution in [0.3, 0.4) is 0 Å². The molecule has 1 fully saturated rings. The predicted molar refractivity (Wildman–Crippen MR) is 108 cm³/mol. The van der Waals surface area contributed by atoms with Crippen LogP contribution in [0.4, 0.5) is 0 Å². The molecule has 4 rings (SSSR count). The minimum Gasteiger partial charge on any atom is -0.504 e. The lowest BCUT2D eigenvalue weighted by Gasteiger charge is -2.40. The first kappa shape index (κ1) is 23.2. The summed E-state index contributed by atoms with van der Waals surface area (Å²) in [6.07, 6.45) is -7.00. The van der Waals surface area contributed by atoms with Crippen molar-refractivity contribution in [2.45, 2.75) is 37.4 Å². The minimum absolute atomic E-state index is 0.619. The van der Waals surface area contributed by atoms with E-state index in [0.29, 0.717) is 12.1 Å². The normalized spacial score (nSPS) is 26.9. The molecular formula is C21H20O13. The highest BCUT2D eigenvalue weighted by Gasteiger charge is 2.46. The summed E-state index contributed by atoms with van der Waals surface area (Å²) in [6.45, 7) is 0.798. The Morgan fingerprint density at radius 2 is 1.26 bits per heavy atom. The molecule has 0 bridgehead atoms. The second-order valence-electron chi connectivity index (χ2n) is 7.86. The first-order valence-electron chi connectivity index (χ1n) is 9.89. The summed E-state index contributed by atoms with van der Waals surface area (Å²) in [5.41, 5.74) is -2.87. The Morgan fingerprint density at radius 1 is 0.765 bits per heavy atom. The molecular weight excluding hydrogens is 460 g/mol.